The fraction of sp³-hybridized carbons (Fsp3) is 0.722. The number of nitrogens with one attached hydrogen (secondary N) is 4. The summed E-state index contributed by atoms with van der Waals surface area (Å²) in [6.45, 7) is 7.85. The van der Waals surface area contributed by atoms with Crippen LogP contribution >= 0.6 is 81.0 Å². The van der Waals surface area contributed by atoms with E-state index >= 15 is 0 Å². The van der Waals surface area contributed by atoms with Gasteiger partial charge in [-0.3, -0.25) is 33.8 Å². The molecule has 0 radical (unpaired) electrons. The van der Waals surface area contributed by atoms with Crippen molar-refractivity contribution in [2.75, 3.05) is 6.54 Å². The molecule has 13 nitrogen and oxygen atoms in total. The number of carbonyl (C=O) groups is 6. The van der Waals surface area contributed by atoms with E-state index in [1.165, 1.54) is 18.6 Å². The predicted molar refractivity (Wildman–Crippen MR) is 243 cm³/mol. The highest BCUT2D eigenvalue weighted by Gasteiger charge is 2.52. The molecule has 4 aliphatic rings. The second-order valence-electron chi connectivity index (χ2n) is 15.5. The quantitative estimate of drug-likeness (QED) is 0.219. The van der Waals surface area contributed by atoms with Gasteiger partial charge in [0.1, 0.15) is 23.8 Å². The molecule has 6 atom stereocenters. The Hall–Kier alpha value is -1.80. The van der Waals surface area contributed by atoms with Crippen LogP contribution in [0.5, 0.6) is 0 Å². The van der Waals surface area contributed by atoms with E-state index in [1.54, 1.807) is 4.90 Å². The molecule has 3 aliphatic carbocycles. The van der Waals surface area contributed by atoms with Crippen molar-refractivity contribution < 1.29 is 28.8 Å². The first kappa shape index (κ1) is 55.3. The number of nitrogens with zero attached hydrogens (tertiary/aromatic N) is 3. The van der Waals surface area contributed by atoms with Crippen molar-refractivity contribution in [3.8, 4) is 0 Å². The van der Waals surface area contributed by atoms with Crippen molar-refractivity contribution in [1.82, 2.24) is 36.1 Å². The van der Waals surface area contributed by atoms with Gasteiger partial charge in [-0.25, -0.2) is 4.98 Å². The number of likely N-dealkylation sites (tertiary alicyclic amines) is 1. The van der Waals surface area contributed by atoms with Gasteiger partial charge in [-0.1, -0.05) is 59.8 Å². The highest BCUT2D eigenvalue weighted by molar-refractivity contribution is 7.60. The van der Waals surface area contributed by atoms with Crippen LogP contribution in [0.1, 0.15) is 115 Å². The summed E-state index contributed by atoms with van der Waals surface area (Å²) in [5.74, 6) is -3.20. The molecule has 1 aliphatic heterocycles. The Morgan fingerprint density at radius 1 is 0.818 bits per heavy atom. The van der Waals surface area contributed by atoms with Gasteiger partial charge in [0, 0.05) is 25.0 Å². The summed E-state index contributed by atoms with van der Waals surface area (Å²) < 4.78 is 0. The Kier molecular flexibility index (Phi) is 25.0. The SMILES string of the molecule is CCC[C@H](NC(=O)[C@@H]1[C@H]2CCC[C@@H]2CN1C(=O)[C@@H](NC(=O)[C@H](NC(=O)c1cnccn1)C1CCCCC1)C(C)(C)C)C(=O)C(=O)NC1CC1.S.S.S.S.S.S. The minimum absolute atomic E-state index is 0. The van der Waals surface area contributed by atoms with Crippen LogP contribution < -0.4 is 21.3 Å². The maximum atomic E-state index is 14.6. The molecule has 0 spiro atoms. The summed E-state index contributed by atoms with van der Waals surface area (Å²) in [7, 11) is 0. The zero-order valence-electron chi connectivity index (χ0n) is 32.3. The first-order valence-electron chi connectivity index (χ1n) is 18.2. The monoisotopic (exact) mass is 883 g/mol. The molecule has 0 bridgehead atoms. The number of Topliss-reactive ketones (excluding diaryl/α,β-unsaturated/α-hetero) is 1. The van der Waals surface area contributed by atoms with Gasteiger partial charge < -0.3 is 26.2 Å². The molecule has 1 aromatic rings. The number of carbonyl (C=O) groups excluding carboxylic acids is 6. The van der Waals surface area contributed by atoms with E-state index in [0.29, 0.717) is 19.4 Å². The minimum Gasteiger partial charge on any atom is -0.347 e. The normalized spacial score (nSPS) is 21.6. The minimum atomic E-state index is -0.994. The molecule has 316 valence electrons. The van der Waals surface area contributed by atoms with Crippen LogP contribution in [0.2, 0.25) is 0 Å². The number of aromatic nitrogens is 2. The third-order valence-corrected chi connectivity index (χ3v) is 10.7. The van der Waals surface area contributed by atoms with E-state index < -0.39 is 59.0 Å². The first-order valence-corrected chi connectivity index (χ1v) is 18.2. The predicted octanol–water partition coefficient (Wildman–Crippen LogP) is 3.12. The van der Waals surface area contributed by atoms with E-state index in [-0.39, 0.29) is 116 Å². The van der Waals surface area contributed by atoms with Crippen molar-refractivity contribution in [3.05, 3.63) is 24.3 Å². The van der Waals surface area contributed by atoms with Crippen molar-refractivity contribution in [1.29, 1.82) is 0 Å². The van der Waals surface area contributed by atoms with Crippen LogP contribution in [-0.2, 0) is 24.0 Å². The molecule has 1 aromatic heterocycles. The van der Waals surface area contributed by atoms with Crippen molar-refractivity contribution in [3.63, 3.8) is 0 Å². The summed E-state index contributed by atoms with van der Waals surface area (Å²) in [6, 6.07) is -3.68. The van der Waals surface area contributed by atoms with Crippen LogP contribution in [0, 0.1) is 23.2 Å². The van der Waals surface area contributed by atoms with E-state index in [0.717, 1.165) is 64.2 Å². The number of ketones is 1. The number of hydrogen-bond acceptors (Lipinski definition) is 8. The van der Waals surface area contributed by atoms with Gasteiger partial charge in [0.15, 0.2) is 0 Å². The lowest BCUT2D eigenvalue weighted by atomic mass is 9.82. The number of rotatable bonds is 13. The van der Waals surface area contributed by atoms with Crippen LogP contribution in [0.15, 0.2) is 18.6 Å². The average Bonchev–Trinajstić information content (AvgIpc) is 3.65. The highest BCUT2D eigenvalue weighted by Crippen LogP contribution is 2.43. The standard InChI is InChI=1S/C36H53N7O6.6H2S/c1-5-10-25(29(44)34(48)39-23-15-16-23)40-33(47)28-24-14-9-13-22(24)20-43(28)35(49)30(36(2,3)4)42-32(46)27(21-11-7-6-8-12-21)41-31(45)26-19-37-17-18-38-26;;;;;;/h17-19,21-25,27-28,30H,5-16,20H2,1-4H3,(H,39,48)(H,40,47)(H,41,45)(H,42,46);6*1H2/t22-,24+,25+,27-,28+,30-;;;;;;/m1....../s1. The molecule has 4 N–H and O–H groups in total. The third kappa shape index (κ3) is 14.2. The van der Waals surface area contributed by atoms with Crippen molar-refractivity contribution in [2.45, 2.75) is 135 Å². The van der Waals surface area contributed by atoms with Gasteiger partial charge in [-0.15, -0.1) is 0 Å². The molecular weight excluding hydrogens is 819 g/mol. The average molecular weight is 884 g/mol. The maximum absolute atomic E-state index is 14.6. The maximum Gasteiger partial charge on any atom is 0.289 e. The molecular formula is C36H65N7O6S6. The molecule has 0 aromatic carbocycles. The summed E-state index contributed by atoms with van der Waals surface area (Å²) in [6.07, 6.45) is 13.9. The van der Waals surface area contributed by atoms with Crippen LogP contribution in [0.4, 0.5) is 0 Å². The Morgan fingerprint density at radius 2 is 1.47 bits per heavy atom. The zero-order chi connectivity index (χ0) is 35.3. The van der Waals surface area contributed by atoms with E-state index in [2.05, 4.69) is 31.2 Å². The van der Waals surface area contributed by atoms with Crippen molar-refractivity contribution >= 4 is 116 Å². The molecule has 1 saturated heterocycles. The van der Waals surface area contributed by atoms with Gasteiger partial charge in [0.25, 0.3) is 11.8 Å². The highest BCUT2D eigenvalue weighted by atomic mass is 32.1. The Balaban J connectivity index is 0. The van der Waals surface area contributed by atoms with Crippen molar-refractivity contribution in [2.24, 2.45) is 23.2 Å². The largest absolute Gasteiger partial charge is 0.347 e. The van der Waals surface area contributed by atoms with E-state index in [1.807, 2.05) is 27.7 Å². The summed E-state index contributed by atoms with van der Waals surface area (Å²) in [5, 5.41) is 11.5. The molecule has 4 fully saturated rings. The van der Waals surface area contributed by atoms with Gasteiger partial charge in [-0.2, -0.15) is 81.0 Å². The Bertz CT molecular complexity index is 1410. The van der Waals surface area contributed by atoms with Gasteiger partial charge in [0.2, 0.25) is 23.5 Å². The molecule has 55 heavy (non-hydrogen) atoms. The smallest absolute Gasteiger partial charge is 0.289 e. The lowest BCUT2D eigenvalue weighted by Crippen LogP contribution is -2.62. The van der Waals surface area contributed by atoms with Gasteiger partial charge in [0.05, 0.1) is 12.2 Å². The first-order chi connectivity index (χ1) is 23.4. The van der Waals surface area contributed by atoms with Crippen LogP contribution in [0.3, 0.4) is 0 Å². The summed E-state index contributed by atoms with van der Waals surface area (Å²) in [5.41, 5.74) is -0.638. The Morgan fingerprint density at radius 3 is 2.04 bits per heavy atom. The lowest BCUT2D eigenvalue weighted by molar-refractivity contribution is -0.146. The van der Waals surface area contributed by atoms with Crippen LogP contribution in [0.25, 0.3) is 0 Å². The van der Waals surface area contributed by atoms with E-state index in [9.17, 15) is 28.8 Å². The topological polar surface area (TPSA) is 180 Å². The molecule has 5 rings (SSSR count). The van der Waals surface area contributed by atoms with Crippen LogP contribution in [-0.4, -0.2) is 86.9 Å². The zero-order valence-corrected chi connectivity index (χ0v) is 38.3. The van der Waals surface area contributed by atoms with Gasteiger partial charge in [-0.05, 0) is 68.1 Å². The number of fused-ring (bicyclic) bond motifs is 1. The molecule has 3 saturated carbocycles. The number of hydrogen-bond donors (Lipinski definition) is 4. The fourth-order valence-electron chi connectivity index (χ4n) is 7.87. The molecule has 2 heterocycles. The second kappa shape index (κ2) is 24.9. The second-order valence-corrected chi connectivity index (χ2v) is 15.5. The summed E-state index contributed by atoms with van der Waals surface area (Å²) >= 11 is 0. The van der Waals surface area contributed by atoms with E-state index in [4.69, 9.17) is 0 Å². The van der Waals surface area contributed by atoms with Gasteiger partial charge >= 0.3 is 0 Å². The molecule has 0 unspecified atom stereocenters. The number of amides is 5. The molecule has 19 heteroatoms. The summed E-state index contributed by atoms with van der Waals surface area (Å²) in [4.78, 5) is 91.4. The molecule has 5 amide bonds. The Labute approximate surface area is 368 Å². The fourth-order valence-corrected chi connectivity index (χ4v) is 7.87. The lowest BCUT2D eigenvalue weighted by Gasteiger charge is -2.38. The third-order valence-electron chi connectivity index (χ3n) is 10.7.